The fraction of sp³-hybridized carbons (Fsp3) is 0.542. The van der Waals surface area contributed by atoms with Gasteiger partial charge in [-0.15, -0.1) is 18.3 Å². The molecule has 6 rings (SSSR count). The number of hydrogen-bond donors (Lipinski definition) is 1. The average molecular weight is 505 g/mol. The Labute approximate surface area is 205 Å². The molecule has 1 saturated carbocycles. The molecule has 1 saturated heterocycles. The Morgan fingerprint density at radius 3 is 2.63 bits per heavy atom. The Morgan fingerprint density at radius 1 is 1.11 bits per heavy atom. The highest BCUT2D eigenvalue weighted by molar-refractivity contribution is 7.10. The van der Waals surface area contributed by atoms with Gasteiger partial charge in [-0.1, -0.05) is 12.1 Å². The smallest absolute Gasteiger partial charge is 0.406 e. The number of piperidine rings is 1. The average Bonchev–Trinajstić information content (AvgIpc) is 3.48. The largest absolute Gasteiger partial charge is 0.573 e. The molecule has 4 heterocycles. The molecule has 2 bridgehead atoms. The van der Waals surface area contributed by atoms with Gasteiger partial charge in [0.2, 0.25) is 5.95 Å². The number of anilines is 2. The Kier molecular flexibility index (Phi) is 5.62. The summed E-state index contributed by atoms with van der Waals surface area (Å²) in [7, 11) is 0. The SMILES string of the molecule is Cc1cc(N2CC3CCC(C2)C3Nc2nc3n(n2)CCCC3c2cccc(OC(F)(F)F)c2)sn1. The van der Waals surface area contributed by atoms with E-state index < -0.39 is 6.36 Å². The Bertz CT molecular complexity index is 1200. The number of ether oxygens (including phenoxy) is 1. The van der Waals surface area contributed by atoms with E-state index in [4.69, 9.17) is 10.1 Å². The number of nitrogens with one attached hydrogen (secondary N) is 1. The van der Waals surface area contributed by atoms with Crippen LogP contribution in [0.5, 0.6) is 5.75 Å². The van der Waals surface area contributed by atoms with E-state index in [-0.39, 0.29) is 11.7 Å². The van der Waals surface area contributed by atoms with E-state index in [1.807, 2.05) is 17.7 Å². The summed E-state index contributed by atoms with van der Waals surface area (Å²) in [4.78, 5) is 7.30. The van der Waals surface area contributed by atoms with Gasteiger partial charge in [-0.3, -0.25) is 0 Å². The van der Waals surface area contributed by atoms with E-state index in [0.29, 0.717) is 23.8 Å². The van der Waals surface area contributed by atoms with E-state index in [9.17, 15) is 13.2 Å². The standard InChI is InChI=1S/C24H27F3N6OS/c1-14-10-20(35-31-14)32-12-16-7-8-17(13-32)21(16)28-23-29-22-19(6-3-9-33(22)30-23)15-4-2-5-18(11-15)34-24(25,26)27/h2,4-5,10-11,16-17,19,21H,3,6-9,12-13H2,1H3,(H,28,30). The number of rotatable bonds is 5. The van der Waals surface area contributed by atoms with Crippen LogP contribution in [0.15, 0.2) is 30.3 Å². The molecule has 11 heteroatoms. The Morgan fingerprint density at radius 2 is 1.91 bits per heavy atom. The molecule has 0 radical (unpaired) electrons. The molecule has 35 heavy (non-hydrogen) atoms. The van der Waals surface area contributed by atoms with Crippen molar-refractivity contribution >= 4 is 22.5 Å². The van der Waals surface area contributed by atoms with Crippen molar-refractivity contribution in [3.05, 3.63) is 47.4 Å². The lowest BCUT2D eigenvalue weighted by Crippen LogP contribution is -2.48. The van der Waals surface area contributed by atoms with Gasteiger partial charge < -0.3 is 15.0 Å². The second-order valence-electron chi connectivity index (χ2n) is 9.81. The minimum atomic E-state index is -4.71. The first-order chi connectivity index (χ1) is 16.8. The van der Waals surface area contributed by atoms with Crippen LogP contribution in [0.2, 0.25) is 0 Å². The normalized spacial score (nSPS) is 26.0. The zero-order chi connectivity index (χ0) is 24.2. The van der Waals surface area contributed by atoms with Crippen LogP contribution >= 0.6 is 11.5 Å². The Hall–Kier alpha value is -2.82. The maximum atomic E-state index is 12.7. The van der Waals surface area contributed by atoms with Crippen molar-refractivity contribution in [2.45, 2.75) is 57.5 Å². The van der Waals surface area contributed by atoms with E-state index in [1.165, 1.54) is 30.0 Å². The van der Waals surface area contributed by atoms with Crippen LogP contribution in [0.4, 0.5) is 24.1 Å². The van der Waals surface area contributed by atoms with Gasteiger partial charge in [-0.25, -0.2) is 4.68 Å². The summed E-state index contributed by atoms with van der Waals surface area (Å²) in [6, 6.07) is 8.72. The Balaban J connectivity index is 1.19. The molecule has 1 aromatic carbocycles. The number of fused-ring (bicyclic) bond motifs is 3. The highest BCUT2D eigenvalue weighted by Crippen LogP contribution is 2.41. The van der Waals surface area contributed by atoms with Crippen molar-refractivity contribution in [3.63, 3.8) is 0 Å². The second-order valence-corrected chi connectivity index (χ2v) is 10.6. The van der Waals surface area contributed by atoms with Gasteiger partial charge in [0.15, 0.2) is 0 Å². The van der Waals surface area contributed by atoms with Gasteiger partial charge >= 0.3 is 6.36 Å². The van der Waals surface area contributed by atoms with Crippen molar-refractivity contribution in [2.75, 3.05) is 23.3 Å². The maximum absolute atomic E-state index is 12.7. The summed E-state index contributed by atoms with van der Waals surface area (Å²) in [5, 5.41) is 9.62. The number of alkyl halides is 3. The predicted molar refractivity (Wildman–Crippen MR) is 127 cm³/mol. The lowest BCUT2D eigenvalue weighted by atomic mass is 9.91. The molecule has 7 nitrogen and oxygen atoms in total. The lowest BCUT2D eigenvalue weighted by Gasteiger charge is -2.38. The molecule has 0 spiro atoms. The topological polar surface area (TPSA) is 68.1 Å². The molecule has 186 valence electrons. The third-order valence-electron chi connectivity index (χ3n) is 7.43. The van der Waals surface area contributed by atoms with Crippen LogP contribution in [0.3, 0.4) is 0 Å². The second kappa shape index (κ2) is 8.69. The molecule has 1 N–H and O–H groups in total. The number of hydrogen-bond acceptors (Lipinski definition) is 7. The molecule has 2 aromatic heterocycles. The van der Waals surface area contributed by atoms with Gasteiger partial charge in [-0.2, -0.15) is 9.36 Å². The molecule has 3 atom stereocenters. The van der Waals surface area contributed by atoms with Crippen LogP contribution < -0.4 is 15.0 Å². The molecule has 3 aliphatic rings. The van der Waals surface area contributed by atoms with Gasteiger partial charge in [0.25, 0.3) is 0 Å². The zero-order valence-corrected chi connectivity index (χ0v) is 20.1. The first-order valence-corrected chi connectivity index (χ1v) is 12.8. The molecule has 2 aliphatic heterocycles. The molecule has 1 aliphatic carbocycles. The fourth-order valence-electron chi connectivity index (χ4n) is 5.94. The third-order valence-corrected chi connectivity index (χ3v) is 8.37. The fourth-order valence-corrected chi connectivity index (χ4v) is 6.72. The van der Waals surface area contributed by atoms with Crippen molar-refractivity contribution in [2.24, 2.45) is 11.8 Å². The number of aromatic nitrogens is 4. The van der Waals surface area contributed by atoms with E-state index >= 15 is 0 Å². The summed E-state index contributed by atoms with van der Waals surface area (Å²) in [6.45, 7) is 4.78. The third kappa shape index (κ3) is 4.57. The van der Waals surface area contributed by atoms with Crippen molar-refractivity contribution in [3.8, 4) is 5.75 Å². The van der Waals surface area contributed by atoms with Gasteiger partial charge in [0, 0.05) is 31.6 Å². The van der Waals surface area contributed by atoms with E-state index in [0.717, 1.165) is 49.6 Å². The number of halogens is 3. The molecule has 0 amide bonds. The van der Waals surface area contributed by atoms with Crippen LogP contribution in [-0.4, -0.2) is 44.6 Å². The summed E-state index contributed by atoms with van der Waals surface area (Å²) >= 11 is 1.57. The van der Waals surface area contributed by atoms with Gasteiger partial charge in [-0.05, 0) is 79.7 Å². The zero-order valence-electron chi connectivity index (χ0n) is 19.3. The minimum Gasteiger partial charge on any atom is -0.406 e. The van der Waals surface area contributed by atoms with Gasteiger partial charge in [0.05, 0.1) is 5.69 Å². The van der Waals surface area contributed by atoms with Crippen LogP contribution in [0, 0.1) is 18.8 Å². The number of benzene rings is 1. The minimum absolute atomic E-state index is 0.114. The van der Waals surface area contributed by atoms with Crippen LogP contribution in [0.25, 0.3) is 0 Å². The number of aryl methyl sites for hydroxylation is 2. The highest BCUT2D eigenvalue weighted by Gasteiger charge is 2.43. The summed E-state index contributed by atoms with van der Waals surface area (Å²) in [5.41, 5.74) is 1.83. The van der Waals surface area contributed by atoms with Crippen LogP contribution in [0.1, 0.15) is 48.7 Å². The maximum Gasteiger partial charge on any atom is 0.573 e. The summed E-state index contributed by atoms with van der Waals surface area (Å²) in [6.07, 6.45) is -0.651. The van der Waals surface area contributed by atoms with Gasteiger partial charge in [0.1, 0.15) is 16.6 Å². The predicted octanol–water partition coefficient (Wildman–Crippen LogP) is 5.19. The van der Waals surface area contributed by atoms with E-state index in [1.54, 1.807) is 17.6 Å². The van der Waals surface area contributed by atoms with E-state index in [2.05, 4.69) is 25.4 Å². The van der Waals surface area contributed by atoms with Crippen molar-refractivity contribution < 1.29 is 17.9 Å². The molecular weight excluding hydrogens is 477 g/mol. The molecule has 3 unspecified atom stereocenters. The van der Waals surface area contributed by atoms with Crippen molar-refractivity contribution in [1.29, 1.82) is 0 Å². The number of nitrogens with zero attached hydrogens (tertiary/aromatic N) is 5. The monoisotopic (exact) mass is 504 g/mol. The molecular formula is C24H27F3N6OS. The van der Waals surface area contributed by atoms with Crippen LogP contribution in [-0.2, 0) is 6.54 Å². The first-order valence-electron chi connectivity index (χ1n) is 12.1. The lowest BCUT2D eigenvalue weighted by molar-refractivity contribution is -0.274. The summed E-state index contributed by atoms with van der Waals surface area (Å²) in [5.74, 6) is 2.14. The summed E-state index contributed by atoms with van der Waals surface area (Å²) < 4.78 is 48.6. The molecule has 2 fully saturated rings. The first kappa shape index (κ1) is 22.6. The quantitative estimate of drug-likeness (QED) is 0.516. The molecule has 3 aromatic rings. The highest BCUT2D eigenvalue weighted by atomic mass is 32.1. The van der Waals surface area contributed by atoms with Crippen molar-refractivity contribution in [1.82, 2.24) is 19.1 Å².